The van der Waals surface area contributed by atoms with Gasteiger partial charge in [0.15, 0.2) is 0 Å². The van der Waals surface area contributed by atoms with Gasteiger partial charge in [0, 0.05) is 22.0 Å². The molecular weight excluding hydrogens is 368 g/mol. The van der Waals surface area contributed by atoms with E-state index in [1.165, 1.54) is 0 Å². The lowest BCUT2D eigenvalue weighted by molar-refractivity contribution is -0.576. The molecule has 0 aromatic carbocycles. The Hall–Kier alpha value is -3.48. The lowest BCUT2D eigenvalue weighted by atomic mass is 9.89. The van der Waals surface area contributed by atoms with Gasteiger partial charge in [0.1, 0.15) is 26.1 Å². The van der Waals surface area contributed by atoms with Crippen LogP contribution >= 0.6 is 0 Å². The van der Waals surface area contributed by atoms with Crippen molar-refractivity contribution in [3.05, 3.63) is 88.3 Å². The Morgan fingerprint density at radius 2 is 1.15 bits per heavy atom. The van der Waals surface area contributed by atoms with Crippen LogP contribution in [0.2, 0.25) is 0 Å². The molecule has 2 rings (SSSR count). The zero-order chi connectivity index (χ0) is 20.2. The summed E-state index contributed by atoms with van der Waals surface area (Å²) in [5.41, 5.74) is -4.68. The van der Waals surface area contributed by atoms with Crippen LogP contribution in [-0.2, 0) is 4.74 Å². The first-order valence-corrected chi connectivity index (χ1v) is 7.54. The van der Waals surface area contributed by atoms with Crippen molar-refractivity contribution in [3.8, 4) is 0 Å². The van der Waals surface area contributed by atoms with Crippen molar-refractivity contribution in [2.24, 2.45) is 0 Å². The van der Waals surface area contributed by atoms with E-state index in [1.807, 2.05) is 0 Å². The van der Waals surface area contributed by atoms with E-state index >= 15 is 0 Å². The van der Waals surface area contributed by atoms with Gasteiger partial charge >= 0.3 is 0 Å². The third kappa shape index (κ3) is 4.03. The van der Waals surface area contributed by atoms with Crippen molar-refractivity contribution < 1.29 is 24.4 Å². The Kier molecular flexibility index (Phi) is 5.44. The van der Waals surface area contributed by atoms with Crippen LogP contribution < -0.4 is 0 Å². The van der Waals surface area contributed by atoms with Gasteiger partial charge in [-0.25, -0.2) is 0 Å². The van der Waals surface area contributed by atoms with Crippen molar-refractivity contribution in [2.75, 3.05) is 13.2 Å². The monoisotopic (exact) mass is 382 g/mol. The molecule has 0 heterocycles. The van der Waals surface area contributed by atoms with Crippen LogP contribution in [0, 0.1) is 40.5 Å². The van der Waals surface area contributed by atoms with Gasteiger partial charge in [0.25, 0.3) is 22.5 Å². The van der Waals surface area contributed by atoms with Crippen molar-refractivity contribution >= 4 is 0 Å². The Morgan fingerprint density at radius 3 is 1.44 bits per heavy atom. The first kappa shape index (κ1) is 19.8. The van der Waals surface area contributed by atoms with E-state index in [-0.39, 0.29) is 0 Å². The van der Waals surface area contributed by atoms with E-state index in [2.05, 4.69) is 0 Å². The predicted molar refractivity (Wildman–Crippen MR) is 87.9 cm³/mol. The standard InChI is InChI=1S/C14H14N4O9/c19-15(20)11-3-1-5-13(7-11,17(23)24)9-27-10-14(18(25)26)6-2-4-12(8-14)16(21)22/h1-6H,7-10H2. The van der Waals surface area contributed by atoms with Crippen LogP contribution in [0.1, 0.15) is 12.8 Å². The molecule has 2 aliphatic rings. The molecule has 0 spiro atoms. The molecule has 0 bridgehead atoms. The summed E-state index contributed by atoms with van der Waals surface area (Å²) in [6.45, 7) is -1.33. The van der Waals surface area contributed by atoms with Crippen LogP contribution in [0.3, 0.4) is 0 Å². The largest absolute Gasteiger partial charge is 0.366 e. The zero-order valence-corrected chi connectivity index (χ0v) is 13.8. The van der Waals surface area contributed by atoms with Gasteiger partial charge in [0.05, 0.1) is 9.85 Å². The van der Waals surface area contributed by atoms with E-state index in [9.17, 15) is 40.5 Å². The van der Waals surface area contributed by atoms with E-state index in [4.69, 9.17) is 4.74 Å². The molecule has 27 heavy (non-hydrogen) atoms. The fourth-order valence-corrected chi connectivity index (χ4v) is 2.75. The average Bonchev–Trinajstić information content (AvgIpc) is 2.61. The van der Waals surface area contributed by atoms with Crippen LogP contribution in [-0.4, -0.2) is 44.0 Å². The molecule has 13 heteroatoms. The van der Waals surface area contributed by atoms with E-state index in [1.54, 1.807) is 0 Å². The van der Waals surface area contributed by atoms with Gasteiger partial charge in [0.2, 0.25) is 0 Å². The summed E-state index contributed by atoms with van der Waals surface area (Å²) in [5, 5.41) is 44.7. The van der Waals surface area contributed by atoms with Crippen molar-refractivity contribution in [2.45, 2.75) is 23.9 Å². The molecule has 144 valence electrons. The van der Waals surface area contributed by atoms with Gasteiger partial charge in [-0.15, -0.1) is 0 Å². The Labute approximate surface area is 150 Å². The maximum Gasteiger partial charge on any atom is 0.273 e. The van der Waals surface area contributed by atoms with Crippen LogP contribution in [0.15, 0.2) is 47.9 Å². The minimum absolute atomic E-state index is 0.391. The van der Waals surface area contributed by atoms with E-state index in [0.29, 0.717) is 0 Å². The average molecular weight is 382 g/mol. The number of hydrogen-bond donors (Lipinski definition) is 0. The van der Waals surface area contributed by atoms with E-state index < -0.39 is 68.2 Å². The maximum atomic E-state index is 11.5. The lowest BCUT2D eigenvalue weighted by Crippen LogP contribution is -2.47. The molecule has 0 N–H and O–H groups in total. The van der Waals surface area contributed by atoms with Crippen molar-refractivity contribution in [1.82, 2.24) is 0 Å². The highest BCUT2D eigenvalue weighted by Gasteiger charge is 2.50. The second kappa shape index (κ2) is 7.41. The zero-order valence-electron chi connectivity index (χ0n) is 13.8. The number of rotatable bonds is 8. The van der Waals surface area contributed by atoms with Crippen LogP contribution in [0.4, 0.5) is 0 Å². The number of nitro groups is 4. The first-order chi connectivity index (χ1) is 12.6. The van der Waals surface area contributed by atoms with Gasteiger partial charge in [-0.3, -0.25) is 40.5 Å². The minimum Gasteiger partial charge on any atom is -0.366 e. The molecule has 0 saturated heterocycles. The summed E-state index contributed by atoms with van der Waals surface area (Å²) in [6, 6.07) is 0. The molecule has 0 saturated carbocycles. The number of ether oxygens (including phenoxy) is 1. The fraction of sp³-hybridized carbons (Fsp3) is 0.429. The van der Waals surface area contributed by atoms with Crippen LogP contribution in [0.25, 0.3) is 0 Å². The molecule has 13 nitrogen and oxygen atoms in total. The molecule has 0 aromatic rings. The summed E-state index contributed by atoms with van der Waals surface area (Å²) in [6.07, 6.45) is 5.71. The Balaban J connectivity index is 2.14. The maximum absolute atomic E-state index is 11.5. The summed E-state index contributed by atoms with van der Waals surface area (Å²) < 4.78 is 5.21. The predicted octanol–water partition coefficient (Wildman–Crippen LogP) is 1.27. The third-order valence-corrected chi connectivity index (χ3v) is 4.26. The number of allylic oxidation sites excluding steroid dienone is 4. The fourth-order valence-electron chi connectivity index (χ4n) is 2.75. The van der Waals surface area contributed by atoms with Gasteiger partial charge in [-0.1, -0.05) is 12.2 Å². The number of hydrogen-bond acceptors (Lipinski definition) is 9. The minimum atomic E-state index is -1.95. The highest BCUT2D eigenvalue weighted by atomic mass is 16.7. The van der Waals surface area contributed by atoms with Crippen molar-refractivity contribution in [1.29, 1.82) is 0 Å². The molecule has 0 aromatic heterocycles. The van der Waals surface area contributed by atoms with Gasteiger partial charge in [-0.2, -0.15) is 0 Å². The molecule has 2 unspecified atom stereocenters. The Morgan fingerprint density at radius 1 is 0.778 bits per heavy atom. The Bertz CT molecular complexity index is 749. The first-order valence-electron chi connectivity index (χ1n) is 7.54. The molecule has 0 amide bonds. The second-order valence-electron chi connectivity index (χ2n) is 6.12. The highest BCUT2D eigenvalue weighted by Crippen LogP contribution is 2.30. The van der Waals surface area contributed by atoms with E-state index in [0.717, 1.165) is 36.5 Å². The number of nitrogens with zero attached hydrogens (tertiary/aromatic N) is 4. The molecule has 2 aliphatic carbocycles. The SMILES string of the molecule is O=[N+]([O-])C1=CC=CC(COCC2([N+](=O)[O-])C=CC=C([N+](=O)[O-])C2)([N+](=O)[O-])C1. The smallest absolute Gasteiger partial charge is 0.273 e. The lowest BCUT2D eigenvalue weighted by Gasteiger charge is -2.26. The highest BCUT2D eigenvalue weighted by molar-refractivity contribution is 5.23. The summed E-state index contributed by atoms with van der Waals surface area (Å²) in [5.74, 6) is 0. The molecule has 0 aliphatic heterocycles. The summed E-state index contributed by atoms with van der Waals surface area (Å²) in [4.78, 5) is 41.7. The topological polar surface area (TPSA) is 182 Å². The van der Waals surface area contributed by atoms with Gasteiger partial charge < -0.3 is 4.74 Å². The quantitative estimate of drug-likeness (QED) is 0.441. The molecule has 2 atom stereocenters. The second-order valence-corrected chi connectivity index (χ2v) is 6.12. The normalized spacial score (nSPS) is 26.8. The summed E-state index contributed by atoms with van der Waals surface area (Å²) >= 11 is 0. The third-order valence-electron chi connectivity index (χ3n) is 4.26. The van der Waals surface area contributed by atoms with Gasteiger partial charge in [-0.05, 0) is 12.2 Å². The summed E-state index contributed by atoms with van der Waals surface area (Å²) in [7, 11) is 0. The molecular formula is C14H14N4O9. The molecule has 0 radical (unpaired) electrons. The van der Waals surface area contributed by atoms with Crippen LogP contribution in [0.5, 0.6) is 0 Å². The molecule has 0 fully saturated rings. The van der Waals surface area contributed by atoms with Crippen molar-refractivity contribution in [3.63, 3.8) is 0 Å².